The number of hydrogen-bond acceptors (Lipinski definition) is 5. The lowest BCUT2D eigenvalue weighted by Crippen LogP contribution is -2.49. The number of benzene rings is 2. The molecule has 0 heterocycles. The van der Waals surface area contributed by atoms with Crippen LogP contribution in [0.3, 0.4) is 0 Å². The summed E-state index contributed by atoms with van der Waals surface area (Å²) in [6.45, 7) is -0.281. The molecule has 0 saturated heterocycles. The van der Waals surface area contributed by atoms with E-state index >= 15 is 0 Å². The van der Waals surface area contributed by atoms with Crippen LogP contribution < -0.4 is 21.1 Å². The van der Waals surface area contributed by atoms with E-state index in [0.29, 0.717) is 16.3 Å². The highest BCUT2D eigenvalue weighted by atomic mass is 35.5. The van der Waals surface area contributed by atoms with E-state index in [1.54, 1.807) is 18.2 Å². The van der Waals surface area contributed by atoms with Crippen molar-refractivity contribution in [3.63, 3.8) is 0 Å². The smallest absolute Gasteiger partial charge is 0.407 e. The molecule has 4 N–H and O–H groups in total. The number of nitrogens with one attached hydrogen (secondary N) is 2. The van der Waals surface area contributed by atoms with Gasteiger partial charge in [0.1, 0.15) is 24.9 Å². The Hall–Kier alpha value is -3.26. The Balaban J connectivity index is 1.82. The Morgan fingerprint density at radius 2 is 1.83 bits per heavy atom. The fourth-order valence-corrected chi connectivity index (χ4v) is 2.75. The first-order valence-electron chi connectivity index (χ1n) is 8.74. The van der Waals surface area contributed by atoms with Crippen LogP contribution in [-0.4, -0.2) is 37.6 Å². The lowest BCUT2D eigenvalue weighted by atomic mass is 10.1. The van der Waals surface area contributed by atoms with Gasteiger partial charge in [-0.05, 0) is 23.3 Å². The molecule has 154 valence electrons. The van der Waals surface area contributed by atoms with Gasteiger partial charge >= 0.3 is 6.09 Å². The van der Waals surface area contributed by atoms with Crippen molar-refractivity contribution < 1.29 is 23.9 Å². The van der Waals surface area contributed by atoms with Gasteiger partial charge in [0.25, 0.3) is 0 Å². The molecule has 2 aromatic carbocycles. The second kappa shape index (κ2) is 10.9. The maximum Gasteiger partial charge on any atom is 0.407 e. The Morgan fingerprint density at radius 3 is 2.45 bits per heavy atom. The van der Waals surface area contributed by atoms with Crippen molar-refractivity contribution >= 4 is 29.5 Å². The van der Waals surface area contributed by atoms with Crippen molar-refractivity contribution in [1.29, 1.82) is 0 Å². The van der Waals surface area contributed by atoms with Gasteiger partial charge < -0.3 is 25.8 Å². The Kier molecular flexibility index (Phi) is 8.29. The molecule has 2 aromatic rings. The van der Waals surface area contributed by atoms with Crippen LogP contribution in [0.25, 0.3) is 0 Å². The SMILES string of the molecule is COc1ccc(C[C@H](NC(=O)CNC(=O)OCc2ccccc2)C(N)=O)cc1Cl. The van der Waals surface area contributed by atoms with Crippen molar-refractivity contribution in [2.75, 3.05) is 13.7 Å². The average Bonchev–Trinajstić information content (AvgIpc) is 2.71. The minimum atomic E-state index is -0.964. The molecule has 0 fully saturated rings. The molecule has 8 nitrogen and oxygen atoms in total. The summed E-state index contributed by atoms with van der Waals surface area (Å²) in [5, 5.41) is 5.18. The minimum absolute atomic E-state index is 0.0798. The molecule has 0 aliphatic carbocycles. The van der Waals surface area contributed by atoms with E-state index < -0.39 is 23.9 Å². The van der Waals surface area contributed by atoms with Gasteiger partial charge in [0.05, 0.1) is 12.1 Å². The highest BCUT2D eigenvalue weighted by Crippen LogP contribution is 2.25. The van der Waals surface area contributed by atoms with E-state index in [2.05, 4.69) is 10.6 Å². The van der Waals surface area contributed by atoms with Gasteiger partial charge in [-0.2, -0.15) is 0 Å². The Morgan fingerprint density at radius 1 is 1.10 bits per heavy atom. The quantitative estimate of drug-likeness (QED) is 0.572. The fraction of sp³-hybridized carbons (Fsp3) is 0.250. The predicted octanol–water partition coefficient (Wildman–Crippen LogP) is 1.79. The van der Waals surface area contributed by atoms with Crippen LogP contribution in [-0.2, 0) is 27.4 Å². The molecule has 2 rings (SSSR count). The number of halogens is 1. The number of hydrogen-bond donors (Lipinski definition) is 3. The molecule has 0 aromatic heterocycles. The van der Waals surface area contributed by atoms with Crippen LogP contribution >= 0.6 is 11.6 Å². The molecule has 29 heavy (non-hydrogen) atoms. The lowest BCUT2D eigenvalue weighted by Gasteiger charge is -2.16. The fourth-order valence-electron chi connectivity index (χ4n) is 2.47. The van der Waals surface area contributed by atoms with Crippen LogP contribution in [0.4, 0.5) is 4.79 Å². The van der Waals surface area contributed by atoms with E-state index in [1.165, 1.54) is 7.11 Å². The van der Waals surface area contributed by atoms with Crippen molar-refractivity contribution in [3.05, 3.63) is 64.7 Å². The lowest BCUT2D eigenvalue weighted by molar-refractivity contribution is -0.126. The molecule has 0 saturated carbocycles. The minimum Gasteiger partial charge on any atom is -0.495 e. The van der Waals surface area contributed by atoms with Gasteiger partial charge in [-0.1, -0.05) is 48.0 Å². The van der Waals surface area contributed by atoms with Crippen LogP contribution in [0.2, 0.25) is 5.02 Å². The molecular formula is C20H22ClN3O5. The molecule has 3 amide bonds. The second-order valence-electron chi connectivity index (χ2n) is 6.11. The Bertz CT molecular complexity index is 860. The number of methoxy groups -OCH3 is 1. The first kappa shape index (κ1) is 22.0. The maximum absolute atomic E-state index is 12.1. The summed E-state index contributed by atoms with van der Waals surface area (Å²) in [5.41, 5.74) is 6.88. The zero-order chi connectivity index (χ0) is 21.2. The third-order valence-electron chi connectivity index (χ3n) is 3.94. The molecule has 0 spiro atoms. The van der Waals surface area contributed by atoms with Gasteiger partial charge in [0.15, 0.2) is 0 Å². The van der Waals surface area contributed by atoms with Crippen molar-refractivity contribution in [3.8, 4) is 5.75 Å². The van der Waals surface area contributed by atoms with Crippen LogP contribution in [0.15, 0.2) is 48.5 Å². The van der Waals surface area contributed by atoms with E-state index in [1.807, 2.05) is 30.3 Å². The van der Waals surface area contributed by atoms with Crippen molar-refractivity contribution in [2.45, 2.75) is 19.1 Å². The predicted molar refractivity (Wildman–Crippen MR) is 107 cm³/mol. The van der Waals surface area contributed by atoms with Gasteiger partial charge in [-0.25, -0.2) is 4.79 Å². The summed E-state index contributed by atoms with van der Waals surface area (Å²) < 4.78 is 10.1. The standard InChI is InChI=1S/C20H22ClN3O5/c1-28-17-8-7-14(9-15(17)21)10-16(19(22)26)24-18(25)11-23-20(27)29-12-13-5-3-2-4-6-13/h2-9,16H,10-12H2,1H3,(H2,22,26)(H,23,27)(H,24,25)/t16-/m0/s1. The summed E-state index contributed by atoms with van der Waals surface area (Å²) in [6, 6.07) is 13.1. The summed E-state index contributed by atoms with van der Waals surface area (Å²) in [6.07, 6.45) is -0.606. The maximum atomic E-state index is 12.1. The third-order valence-corrected chi connectivity index (χ3v) is 4.24. The average molecular weight is 420 g/mol. The molecule has 0 radical (unpaired) electrons. The van der Waals surface area contributed by atoms with E-state index in [0.717, 1.165) is 5.56 Å². The number of nitrogens with two attached hydrogens (primary N) is 1. The number of rotatable bonds is 9. The number of alkyl carbamates (subject to hydrolysis) is 1. The summed E-state index contributed by atoms with van der Waals surface area (Å²) in [7, 11) is 1.49. The molecule has 9 heteroatoms. The first-order valence-corrected chi connectivity index (χ1v) is 9.12. The normalized spacial score (nSPS) is 11.2. The molecular weight excluding hydrogens is 398 g/mol. The second-order valence-corrected chi connectivity index (χ2v) is 6.52. The van der Waals surface area contributed by atoms with Crippen LogP contribution in [0.5, 0.6) is 5.75 Å². The third kappa shape index (κ3) is 7.34. The number of ether oxygens (including phenoxy) is 2. The summed E-state index contributed by atoms with van der Waals surface area (Å²) in [4.78, 5) is 35.4. The van der Waals surface area contributed by atoms with E-state index in [4.69, 9.17) is 26.8 Å². The van der Waals surface area contributed by atoms with Crippen molar-refractivity contribution in [2.24, 2.45) is 5.73 Å². The molecule has 0 bridgehead atoms. The number of carbonyl (C=O) groups is 3. The molecule has 0 aliphatic heterocycles. The number of amides is 3. The van der Waals surface area contributed by atoms with Gasteiger partial charge in [0.2, 0.25) is 11.8 Å². The molecule has 1 atom stereocenters. The zero-order valence-corrected chi connectivity index (χ0v) is 16.6. The summed E-state index contributed by atoms with van der Waals surface area (Å²) >= 11 is 6.07. The highest BCUT2D eigenvalue weighted by Gasteiger charge is 2.19. The zero-order valence-electron chi connectivity index (χ0n) is 15.8. The first-order chi connectivity index (χ1) is 13.9. The molecule has 0 aliphatic rings. The largest absolute Gasteiger partial charge is 0.495 e. The number of carbonyl (C=O) groups excluding carboxylic acids is 3. The molecule has 0 unspecified atom stereocenters. The van der Waals surface area contributed by atoms with Crippen LogP contribution in [0.1, 0.15) is 11.1 Å². The number of primary amides is 1. The van der Waals surface area contributed by atoms with Gasteiger partial charge in [0, 0.05) is 6.42 Å². The van der Waals surface area contributed by atoms with Crippen molar-refractivity contribution in [1.82, 2.24) is 10.6 Å². The van der Waals surface area contributed by atoms with E-state index in [-0.39, 0.29) is 19.6 Å². The highest BCUT2D eigenvalue weighted by molar-refractivity contribution is 6.32. The van der Waals surface area contributed by atoms with Gasteiger partial charge in [-0.15, -0.1) is 0 Å². The van der Waals surface area contributed by atoms with E-state index in [9.17, 15) is 14.4 Å². The Labute approximate surface area is 173 Å². The summed E-state index contributed by atoms with van der Waals surface area (Å²) in [5.74, 6) is -0.796. The van der Waals surface area contributed by atoms with Crippen LogP contribution in [0, 0.1) is 0 Å². The monoisotopic (exact) mass is 419 g/mol. The topological polar surface area (TPSA) is 120 Å². The van der Waals surface area contributed by atoms with Gasteiger partial charge in [-0.3, -0.25) is 9.59 Å².